The van der Waals surface area contributed by atoms with E-state index in [9.17, 15) is 10.00 Å². The molecule has 20 heavy (non-hydrogen) atoms. The third kappa shape index (κ3) is 5.47. The smallest absolute Gasteiger partial charge is 0.349 e. The van der Waals surface area contributed by atoms with Crippen molar-refractivity contribution in [2.45, 2.75) is 45.4 Å². The molecule has 5 heteroatoms. The molecule has 0 saturated heterocycles. The van der Waals surface area contributed by atoms with Crippen LogP contribution in [0.2, 0.25) is 0 Å². The van der Waals surface area contributed by atoms with Gasteiger partial charge in [-0.15, -0.1) is 0 Å². The number of hydrogen-bond acceptors (Lipinski definition) is 4. The van der Waals surface area contributed by atoms with E-state index in [0.29, 0.717) is 18.8 Å². The van der Waals surface area contributed by atoms with Crippen molar-refractivity contribution in [1.29, 1.82) is 0 Å². The molecule has 2 N–H and O–H groups in total. The number of rotatable bonds is 10. The second-order valence-corrected chi connectivity index (χ2v) is 6.79. The van der Waals surface area contributed by atoms with Crippen LogP contribution in [0.4, 0.5) is 0 Å². The van der Waals surface area contributed by atoms with Crippen molar-refractivity contribution in [3.63, 3.8) is 0 Å². The highest BCUT2D eigenvalue weighted by atomic mass is 31.2. The molecule has 2 unspecified atom stereocenters. The minimum atomic E-state index is -3.28. The monoisotopic (exact) mass is 301 g/mol. The van der Waals surface area contributed by atoms with E-state index < -0.39 is 13.8 Å². The highest BCUT2D eigenvalue weighted by molar-refractivity contribution is 7.60. The molecule has 0 aromatic heterocycles. The van der Waals surface area contributed by atoms with Gasteiger partial charge in [0.1, 0.15) is 0 Å². The molecule has 1 aromatic carbocycles. The lowest BCUT2D eigenvalue weighted by molar-refractivity contribution is 0.118. The maximum absolute atomic E-state index is 10.5. The molecule has 1 rings (SSSR count). The first-order chi connectivity index (χ1) is 9.64. The summed E-state index contributed by atoms with van der Waals surface area (Å²) in [5, 5.41) is 10.3. The van der Waals surface area contributed by atoms with Gasteiger partial charge in [0.05, 0.1) is 13.2 Å². The Morgan fingerprint density at radius 3 is 2.35 bits per heavy atom. The Bertz CT molecular complexity index is 360. The van der Waals surface area contributed by atoms with E-state index in [4.69, 9.17) is 9.05 Å². The summed E-state index contributed by atoms with van der Waals surface area (Å²) in [7, 11) is -3.28. The van der Waals surface area contributed by atoms with E-state index >= 15 is 0 Å². The van der Waals surface area contributed by atoms with Crippen molar-refractivity contribution in [2.75, 3.05) is 13.2 Å². The van der Waals surface area contributed by atoms with E-state index in [2.05, 4.69) is 6.92 Å². The van der Waals surface area contributed by atoms with Crippen LogP contribution in [0.25, 0.3) is 0 Å². The van der Waals surface area contributed by atoms with E-state index in [-0.39, 0.29) is 0 Å². The topological polar surface area (TPSA) is 58.9 Å². The Balaban J connectivity index is 2.60. The van der Waals surface area contributed by atoms with Crippen LogP contribution in [0, 0.1) is 0 Å². The predicted octanol–water partition coefficient (Wildman–Crippen LogP) is 4.07. The van der Waals surface area contributed by atoms with Crippen LogP contribution in [-0.4, -0.2) is 23.2 Å². The molecule has 2 atom stereocenters. The van der Waals surface area contributed by atoms with E-state index in [1.165, 1.54) is 0 Å². The summed E-state index contributed by atoms with van der Waals surface area (Å²) in [5.74, 6) is -1.12. The minimum Gasteiger partial charge on any atom is -0.349 e. The number of aliphatic hydroxyl groups excluding tert-OH is 1. The van der Waals surface area contributed by atoms with Crippen molar-refractivity contribution in [1.82, 2.24) is 0 Å². The molecule has 1 aromatic rings. The molecule has 0 aliphatic heterocycles. The van der Waals surface area contributed by atoms with Gasteiger partial charge in [-0.25, -0.2) is 0 Å². The van der Waals surface area contributed by atoms with Crippen LogP contribution >= 0.6 is 7.94 Å². The molecule has 0 aliphatic rings. The van der Waals surface area contributed by atoms with Gasteiger partial charge in [-0.05, 0) is 13.3 Å². The molecule has 0 aliphatic carbocycles. The number of benzene rings is 1. The Hall–Kier alpha value is -0.510. The average molecular weight is 301 g/mol. The second kappa shape index (κ2) is 9.43. The molecule has 0 saturated carbocycles. The molecule has 0 heterocycles. The molecule has 0 bridgehead atoms. The zero-order valence-corrected chi connectivity index (χ0v) is 13.3. The molecular weight excluding hydrogens is 275 g/mol. The van der Waals surface area contributed by atoms with Crippen molar-refractivity contribution in [3.05, 3.63) is 35.9 Å². The van der Waals surface area contributed by atoms with E-state index in [0.717, 1.165) is 25.7 Å². The van der Waals surface area contributed by atoms with E-state index in [1.807, 2.05) is 18.2 Å². The Morgan fingerprint density at radius 1 is 1.05 bits per heavy atom. The minimum absolute atomic E-state index is 0.309. The molecule has 4 nitrogen and oxygen atoms in total. The quantitative estimate of drug-likeness (QED) is 0.505. The largest absolute Gasteiger partial charge is 0.444 e. The van der Waals surface area contributed by atoms with Crippen molar-refractivity contribution >= 4 is 7.94 Å². The fraction of sp³-hybridized carbons (Fsp3) is 0.600. The summed E-state index contributed by atoms with van der Waals surface area (Å²) in [6.07, 6.45) is 4.22. The summed E-state index contributed by atoms with van der Waals surface area (Å²) in [6.45, 7) is 4.64. The first-order valence-electron chi connectivity index (χ1n) is 7.27. The Morgan fingerprint density at radius 2 is 1.75 bits per heavy atom. The molecule has 0 fully saturated rings. The Labute approximate surface area is 122 Å². The standard InChI is InChI=1S/C15H26O4P/c1-3-5-6-10-13-19-20(17,18-4-2)15(16)14-11-8-7-9-12-14/h7-9,11-12,15-17H,3-6,10,13H2,1-2H3/q+1. The lowest BCUT2D eigenvalue weighted by atomic mass is 10.2. The van der Waals surface area contributed by atoms with Crippen molar-refractivity contribution in [2.24, 2.45) is 0 Å². The van der Waals surface area contributed by atoms with Gasteiger partial charge < -0.3 is 5.11 Å². The van der Waals surface area contributed by atoms with Crippen LogP contribution in [0.15, 0.2) is 30.3 Å². The molecule has 114 valence electrons. The summed E-state index contributed by atoms with van der Waals surface area (Å²) in [5.41, 5.74) is 0.616. The zero-order chi connectivity index (χ0) is 14.8. The van der Waals surface area contributed by atoms with Gasteiger partial charge >= 0.3 is 7.94 Å². The third-order valence-electron chi connectivity index (χ3n) is 3.00. The molecule has 0 amide bonds. The fourth-order valence-corrected chi connectivity index (χ4v) is 3.57. The average Bonchev–Trinajstić information content (AvgIpc) is 2.47. The Kier molecular flexibility index (Phi) is 8.27. The van der Waals surface area contributed by atoms with Gasteiger partial charge in [-0.2, -0.15) is 13.9 Å². The zero-order valence-electron chi connectivity index (χ0n) is 12.4. The van der Waals surface area contributed by atoms with Crippen LogP contribution in [0.1, 0.15) is 50.9 Å². The van der Waals surface area contributed by atoms with Gasteiger partial charge in [0, 0.05) is 5.56 Å². The maximum atomic E-state index is 10.5. The van der Waals surface area contributed by atoms with Gasteiger partial charge in [0.2, 0.25) is 0 Å². The first kappa shape index (κ1) is 17.5. The van der Waals surface area contributed by atoms with Gasteiger partial charge in [-0.1, -0.05) is 56.5 Å². The van der Waals surface area contributed by atoms with Gasteiger partial charge in [-0.3, -0.25) is 0 Å². The lowest BCUT2D eigenvalue weighted by Crippen LogP contribution is -2.12. The highest BCUT2D eigenvalue weighted by Crippen LogP contribution is 2.67. The maximum Gasteiger partial charge on any atom is 0.444 e. The van der Waals surface area contributed by atoms with Gasteiger partial charge in [0.25, 0.3) is 5.85 Å². The normalized spacial score (nSPS) is 15.8. The van der Waals surface area contributed by atoms with Crippen LogP contribution < -0.4 is 0 Å². The molecule has 0 spiro atoms. The van der Waals surface area contributed by atoms with Crippen LogP contribution in [0.3, 0.4) is 0 Å². The second-order valence-electron chi connectivity index (χ2n) is 4.66. The fourth-order valence-electron chi connectivity index (χ4n) is 1.90. The highest BCUT2D eigenvalue weighted by Gasteiger charge is 2.50. The van der Waals surface area contributed by atoms with Crippen molar-refractivity contribution < 1.29 is 19.0 Å². The van der Waals surface area contributed by atoms with E-state index in [1.54, 1.807) is 19.1 Å². The SMILES string of the molecule is CCCCCCO[P+](O)(OCC)C(O)c1ccccc1. The van der Waals surface area contributed by atoms with Gasteiger partial charge in [0.15, 0.2) is 0 Å². The number of unbranched alkanes of at least 4 members (excludes halogenated alkanes) is 3. The summed E-state index contributed by atoms with van der Waals surface area (Å²) in [4.78, 5) is 10.5. The third-order valence-corrected chi connectivity index (χ3v) is 5.09. The number of aliphatic hydroxyl groups is 1. The van der Waals surface area contributed by atoms with Crippen LogP contribution in [0.5, 0.6) is 0 Å². The summed E-state index contributed by atoms with van der Waals surface area (Å²) >= 11 is 0. The predicted molar refractivity (Wildman–Crippen MR) is 82.3 cm³/mol. The summed E-state index contributed by atoms with van der Waals surface area (Å²) in [6, 6.07) is 9.01. The van der Waals surface area contributed by atoms with Crippen LogP contribution in [-0.2, 0) is 9.05 Å². The summed E-state index contributed by atoms with van der Waals surface area (Å²) < 4.78 is 10.9. The lowest BCUT2D eigenvalue weighted by Gasteiger charge is -2.21. The van der Waals surface area contributed by atoms with Crippen molar-refractivity contribution in [3.8, 4) is 0 Å². The molecular formula is C15H26O4P+. The first-order valence-corrected chi connectivity index (χ1v) is 8.92. The molecule has 0 radical (unpaired) electrons. The number of hydrogen-bond donors (Lipinski definition) is 2.